The van der Waals surface area contributed by atoms with E-state index in [1.54, 1.807) is 0 Å². The molecule has 8 heteroatoms. The van der Waals surface area contributed by atoms with Gasteiger partial charge in [-0.2, -0.15) is 0 Å². The van der Waals surface area contributed by atoms with Crippen molar-refractivity contribution in [1.29, 1.82) is 0 Å². The van der Waals surface area contributed by atoms with Crippen LogP contribution in [-0.4, -0.2) is 53.1 Å². The molecule has 3 aromatic rings. The van der Waals surface area contributed by atoms with Gasteiger partial charge in [-0.1, -0.05) is 32.0 Å². The van der Waals surface area contributed by atoms with E-state index in [1.165, 1.54) is 11.3 Å². The summed E-state index contributed by atoms with van der Waals surface area (Å²) in [5, 5.41) is 23.6. The van der Waals surface area contributed by atoms with Crippen LogP contribution < -0.4 is 14.8 Å². The third kappa shape index (κ3) is 5.94. The van der Waals surface area contributed by atoms with E-state index in [-0.39, 0.29) is 24.3 Å². The van der Waals surface area contributed by atoms with Crippen LogP contribution in [0.25, 0.3) is 10.6 Å². The first-order chi connectivity index (χ1) is 16.4. The SMILES string of the molecule is CC(C)c1sc(-c2ccc3c(c2)CC[C@H](CNC[C@H](O)COc2ccccc2)O3)nc1C(=O)O. The number of benzene rings is 2. The van der Waals surface area contributed by atoms with E-state index in [1.807, 2.05) is 56.3 Å². The molecule has 4 rings (SSSR count). The third-order valence-electron chi connectivity index (χ3n) is 5.65. The number of hydrogen-bond donors (Lipinski definition) is 3. The topological polar surface area (TPSA) is 101 Å². The molecule has 0 spiro atoms. The van der Waals surface area contributed by atoms with Gasteiger partial charge in [0.1, 0.15) is 35.3 Å². The molecule has 7 nitrogen and oxygen atoms in total. The summed E-state index contributed by atoms with van der Waals surface area (Å²) in [7, 11) is 0. The standard InChI is InChI=1S/C26H30N2O5S/c1-16(2)24-23(26(30)31)28-25(34-24)18-9-11-22-17(12-18)8-10-21(33-22)14-27-13-19(29)15-32-20-6-4-3-5-7-20/h3-7,9,11-12,16,19,21,27,29H,8,10,13-15H2,1-2H3,(H,30,31)/t19-,21+/m0/s1. The van der Waals surface area contributed by atoms with Crippen LogP contribution in [0.5, 0.6) is 11.5 Å². The van der Waals surface area contributed by atoms with Gasteiger partial charge in [-0.05, 0) is 54.7 Å². The minimum atomic E-state index is -0.986. The molecule has 180 valence electrons. The van der Waals surface area contributed by atoms with Crippen molar-refractivity contribution in [1.82, 2.24) is 10.3 Å². The molecule has 1 aromatic heterocycles. The fourth-order valence-corrected chi connectivity index (χ4v) is 4.96. The zero-order valence-electron chi connectivity index (χ0n) is 19.4. The van der Waals surface area contributed by atoms with Crippen LogP contribution in [0.2, 0.25) is 0 Å². The van der Waals surface area contributed by atoms with Crippen molar-refractivity contribution in [2.75, 3.05) is 19.7 Å². The molecule has 0 saturated carbocycles. The van der Waals surface area contributed by atoms with E-state index in [9.17, 15) is 15.0 Å². The van der Waals surface area contributed by atoms with Crippen LogP contribution in [0.15, 0.2) is 48.5 Å². The summed E-state index contributed by atoms with van der Waals surface area (Å²) in [6.45, 7) is 5.25. The van der Waals surface area contributed by atoms with Gasteiger partial charge in [0, 0.05) is 23.5 Å². The molecular weight excluding hydrogens is 452 g/mol. The molecule has 0 unspecified atom stereocenters. The number of aromatic carboxylic acids is 1. The van der Waals surface area contributed by atoms with Gasteiger partial charge in [-0.3, -0.25) is 0 Å². The lowest BCUT2D eigenvalue weighted by molar-refractivity contribution is 0.0690. The minimum absolute atomic E-state index is 0.0200. The molecule has 0 amide bonds. The average Bonchev–Trinajstić information content (AvgIpc) is 3.29. The molecule has 0 radical (unpaired) electrons. The second-order valence-corrected chi connectivity index (χ2v) is 9.76. The normalized spacial score (nSPS) is 16.1. The van der Waals surface area contributed by atoms with Crippen molar-refractivity contribution in [3.63, 3.8) is 0 Å². The summed E-state index contributed by atoms with van der Waals surface area (Å²) in [6.07, 6.45) is 1.13. The van der Waals surface area contributed by atoms with E-state index in [2.05, 4.69) is 16.4 Å². The maximum absolute atomic E-state index is 11.6. The number of aliphatic hydroxyl groups excluding tert-OH is 1. The molecule has 0 bridgehead atoms. The fourth-order valence-electron chi connectivity index (χ4n) is 3.90. The molecule has 2 atom stereocenters. The molecule has 0 aliphatic carbocycles. The zero-order valence-corrected chi connectivity index (χ0v) is 20.2. The maximum atomic E-state index is 11.6. The number of aryl methyl sites for hydroxylation is 1. The highest BCUT2D eigenvalue weighted by atomic mass is 32.1. The number of carboxylic acid groups (broad SMARTS) is 1. The predicted octanol–water partition coefficient (Wildman–Crippen LogP) is 4.35. The number of fused-ring (bicyclic) bond motifs is 1. The van der Waals surface area contributed by atoms with Gasteiger partial charge < -0.3 is 25.0 Å². The summed E-state index contributed by atoms with van der Waals surface area (Å²) in [4.78, 5) is 16.7. The number of carbonyl (C=O) groups is 1. The van der Waals surface area contributed by atoms with Crippen LogP contribution in [0, 0.1) is 0 Å². The molecule has 2 heterocycles. The van der Waals surface area contributed by atoms with E-state index < -0.39 is 12.1 Å². The Kier molecular flexibility index (Phi) is 7.82. The van der Waals surface area contributed by atoms with Crippen molar-refractivity contribution in [3.05, 3.63) is 64.7 Å². The largest absolute Gasteiger partial charge is 0.491 e. The Bertz CT molecular complexity index is 1120. The van der Waals surface area contributed by atoms with Crippen molar-refractivity contribution >= 4 is 17.3 Å². The average molecular weight is 483 g/mol. The summed E-state index contributed by atoms with van der Waals surface area (Å²) in [6, 6.07) is 15.4. The van der Waals surface area contributed by atoms with Gasteiger partial charge in [0.05, 0.1) is 0 Å². The smallest absolute Gasteiger partial charge is 0.355 e. The first-order valence-electron chi connectivity index (χ1n) is 11.5. The maximum Gasteiger partial charge on any atom is 0.355 e. The van der Waals surface area contributed by atoms with Gasteiger partial charge in [0.25, 0.3) is 0 Å². The molecule has 34 heavy (non-hydrogen) atoms. The fraction of sp³-hybridized carbons (Fsp3) is 0.385. The number of hydrogen-bond acceptors (Lipinski definition) is 7. The number of carboxylic acids is 1. The van der Waals surface area contributed by atoms with E-state index in [0.717, 1.165) is 45.4 Å². The van der Waals surface area contributed by atoms with E-state index in [4.69, 9.17) is 9.47 Å². The van der Waals surface area contributed by atoms with Crippen LogP contribution in [-0.2, 0) is 6.42 Å². The highest BCUT2D eigenvalue weighted by Crippen LogP contribution is 2.36. The first-order valence-corrected chi connectivity index (χ1v) is 12.3. The van der Waals surface area contributed by atoms with Gasteiger partial charge in [0.2, 0.25) is 0 Å². The Labute approximate surface area is 203 Å². The summed E-state index contributed by atoms with van der Waals surface area (Å²) in [5.41, 5.74) is 2.16. The number of nitrogens with zero attached hydrogens (tertiary/aromatic N) is 1. The zero-order chi connectivity index (χ0) is 24.1. The lowest BCUT2D eigenvalue weighted by atomic mass is 10.00. The lowest BCUT2D eigenvalue weighted by Crippen LogP contribution is -2.39. The number of nitrogens with one attached hydrogen (secondary N) is 1. The van der Waals surface area contributed by atoms with Crippen LogP contribution in [0.4, 0.5) is 0 Å². The Hall–Kier alpha value is -2.94. The summed E-state index contributed by atoms with van der Waals surface area (Å²) < 4.78 is 11.7. The van der Waals surface area contributed by atoms with Crippen LogP contribution in [0.3, 0.4) is 0 Å². The predicted molar refractivity (Wildman–Crippen MR) is 132 cm³/mol. The van der Waals surface area contributed by atoms with E-state index in [0.29, 0.717) is 13.1 Å². The number of ether oxygens (including phenoxy) is 2. The Balaban J connectivity index is 1.30. The van der Waals surface area contributed by atoms with Crippen LogP contribution in [0.1, 0.15) is 47.1 Å². The number of aromatic nitrogens is 1. The Morgan fingerprint density at radius 2 is 2.06 bits per heavy atom. The van der Waals surface area contributed by atoms with Gasteiger partial charge in [0.15, 0.2) is 5.69 Å². The monoisotopic (exact) mass is 482 g/mol. The van der Waals surface area contributed by atoms with Gasteiger partial charge in [-0.25, -0.2) is 9.78 Å². The lowest BCUT2D eigenvalue weighted by Gasteiger charge is -2.27. The molecular formula is C26H30N2O5S. The summed E-state index contributed by atoms with van der Waals surface area (Å²) >= 11 is 1.44. The molecule has 1 aliphatic heterocycles. The Morgan fingerprint density at radius 3 is 2.76 bits per heavy atom. The summed E-state index contributed by atoms with van der Waals surface area (Å²) in [5.74, 6) is 0.703. The van der Waals surface area contributed by atoms with Crippen molar-refractivity contribution in [2.24, 2.45) is 0 Å². The quantitative estimate of drug-likeness (QED) is 0.395. The minimum Gasteiger partial charge on any atom is -0.491 e. The van der Waals surface area contributed by atoms with Crippen LogP contribution >= 0.6 is 11.3 Å². The Morgan fingerprint density at radius 1 is 1.26 bits per heavy atom. The molecule has 2 aromatic carbocycles. The molecule has 0 saturated heterocycles. The highest BCUT2D eigenvalue weighted by Gasteiger charge is 2.23. The van der Waals surface area contributed by atoms with Crippen molar-refractivity contribution < 1.29 is 24.5 Å². The van der Waals surface area contributed by atoms with Gasteiger partial charge >= 0.3 is 5.97 Å². The second kappa shape index (κ2) is 11.0. The van der Waals surface area contributed by atoms with E-state index >= 15 is 0 Å². The van der Waals surface area contributed by atoms with Crippen molar-refractivity contribution in [2.45, 2.75) is 44.8 Å². The van der Waals surface area contributed by atoms with Gasteiger partial charge in [-0.15, -0.1) is 11.3 Å². The molecule has 0 fully saturated rings. The second-order valence-electron chi connectivity index (χ2n) is 8.73. The van der Waals surface area contributed by atoms with Crippen molar-refractivity contribution in [3.8, 4) is 22.1 Å². The molecule has 1 aliphatic rings. The third-order valence-corrected chi connectivity index (χ3v) is 7.06. The molecule has 3 N–H and O–H groups in total. The number of rotatable bonds is 10. The number of thiazole rings is 1. The first kappa shape index (κ1) is 24.2. The highest BCUT2D eigenvalue weighted by molar-refractivity contribution is 7.15. The number of aliphatic hydroxyl groups is 1. The number of para-hydroxylation sites is 1.